The number of rotatable bonds is 7. The molecule has 0 saturated carbocycles. The number of H-pyrrole nitrogens is 1. The lowest BCUT2D eigenvalue weighted by Crippen LogP contribution is -2.30. The van der Waals surface area contributed by atoms with Gasteiger partial charge in [-0.05, 0) is 18.6 Å². The van der Waals surface area contributed by atoms with Gasteiger partial charge in [-0.2, -0.15) is 5.10 Å². The van der Waals surface area contributed by atoms with Gasteiger partial charge in [0.1, 0.15) is 12.1 Å². The number of amides is 1. The van der Waals surface area contributed by atoms with E-state index < -0.39 is 0 Å². The summed E-state index contributed by atoms with van der Waals surface area (Å²) in [5, 5.41) is 7.28. The molecule has 0 aliphatic rings. The molecule has 21 heavy (non-hydrogen) atoms. The second-order valence-electron chi connectivity index (χ2n) is 4.88. The number of nitrogens with zero attached hydrogens (tertiary/aromatic N) is 3. The topological polar surface area (TPSA) is 76.9 Å². The fraction of sp³-hybridized carbons (Fsp3) is 0.615. The highest BCUT2D eigenvalue weighted by molar-refractivity contribution is 7.71. The van der Waals surface area contributed by atoms with E-state index in [1.54, 1.807) is 16.4 Å². The smallest absolute Gasteiger partial charge is 0.240 e. The number of imidazole rings is 1. The van der Waals surface area contributed by atoms with Crippen LogP contribution in [0.15, 0.2) is 0 Å². The second-order valence-corrected chi connectivity index (χ2v) is 5.26. The molecular formula is C13H21N5O2S. The third-order valence-electron chi connectivity index (χ3n) is 3.24. The maximum Gasteiger partial charge on any atom is 0.240 e. The molecule has 0 atom stereocenters. The number of aromatic amines is 1. The summed E-state index contributed by atoms with van der Waals surface area (Å²) in [6.45, 7) is 3.26. The van der Waals surface area contributed by atoms with Gasteiger partial charge in [0.2, 0.25) is 5.91 Å². The van der Waals surface area contributed by atoms with Crippen LogP contribution < -0.4 is 5.32 Å². The molecule has 0 aliphatic heterocycles. The molecule has 0 bridgehead atoms. The first-order valence-corrected chi connectivity index (χ1v) is 7.39. The minimum atomic E-state index is -0.0951. The second kappa shape index (κ2) is 6.86. The van der Waals surface area contributed by atoms with E-state index in [2.05, 4.69) is 22.3 Å². The van der Waals surface area contributed by atoms with Crippen LogP contribution >= 0.6 is 12.2 Å². The molecule has 0 saturated heterocycles. The molecular weight excluding hydrogens is 290 g/mol. The van der Waals surface area contributed by atoms with E-state index >= 15 is 0 Å². The molecule has 116 valence electrons. The molecule has 1 amide bonds. The first-order chi connectivity index (χ1) is 10.1. The zero-order chi connectivity index (χ0) is 15.4. The highest BCUT2D eigenvalue weighted by Gasteiger charge is 2.16. The number of hydrogen-bond acceptors (Lipinski definition) is 4. The Morgan fingerprint density at radius 1 is 1.52 bits per heavy atom. The van der Waals surface area contributed by atoms with Crippen molar-refractivity contribution in [1.82, 2.24) is 24.6 Å². The number of ether oxygens (including phenoxy) is 1. The monoisotopic (exact) mass is 311 g/mol. The van der Waals surface area contributed by atoms with E-state index in [0.29, 0.717) is 17.9 Å². The highest BCUT2D eigenvalue weighted by atomic mass is 32.1. The van der Waals surface area contributed by atoms with E-state index in [-0.39, 0.29) is 12.5 Å². The number of carbonyl (C=O) groups is 1. The van der Waals surface area contributed by atoms with Crippen molar-refractivity contribution in [3.05, 3.63) is 10.5 Å². The van der Waals surface area contributed by atoms with Gasteiger partial charge < -0.3 is 15.0 Å². The predicted octanol–water partition coefficient (Wildman–Crippen LogP) is 1.15. The largest absolute Gasteiger partial charge is 0.383 e. The molecule has 0 aromatic carbocycles. The van der Waals surface area contributed by atoms with Crippen LogP contribution in [0.1, 0.15) is 19.0 Å². The Morgan fingerprint density at radius 3 is 2.95 bits per heavy atom. The van der Waals surface area contributed by atoms with Crippen molar-refractivity contribution in [3.63, 3.8) is 0 Å². The van der Waals surface area contributed by atoms with E-state index in [1.807, 2.05) is 7.05 Å². The van der Waals surface area contributed by atoms with Crippen molar-refractivity contribution in [2.24, 2.45) is 7.05 Å². The molecule has 0 radical (unpaired) electrons. The number of aromatic nitrogens is 4. The predicted molar refractivity (Wildman–Crippen MR) is 82.8 cm³/mol. The number of aryl methyl sites for hydroxylation is 2. The minimum absolute atomic E-state index is 0.0951. The number of methoxy groups -OCH3 is 1. The van der Waals surface area contributed by atoms with Crippen molar-refractivity contribution < 1.29 is 9.53 Å². The number of carbonyl (C=O) groups excluding carboxylic acids is 1. The summed E-state index contributed by atoms with van der Waals surface area (Å²) in [5.41, 5.74) is 2.76. The van der Waals surface area contributed by atoms with Crippen molar-refractivity contribution in [2.75, 3.05) is 20.3 Å². The van der Waals surface area contributed by atoms with E-state index in [4.69, 9.17) is 17.0 Å². The summed E-state index contributed by atoms with van der Waals surface area (Å²) in [5.74, 6) is -0.0951. The number of hydrogen-bond donors (Lipinski definition) is 2. The Morgan fingerprint density at radius 2 is 2.29 bits per heavy atom. The van der Waals surface area contributed by atoms with Crippen LogP contribution in [-0.4, -0.2) is 45.5 Å². The third-order valence-corrected chi connectivity index (χ3v) is 3.56. The maximum atomic E-state index is 11.9. The lowest BCUT2D eigenvalue weighted by Gasteiger charge is -2.06. The molecule has 2 rings (SSSR count). The van der Waals surface area contributed by atoms with Gasteiger partial charge in [0.25, 0.3) is 0 Å². The van der Waals surface area contributed by atoms with Crippen LogP contribution in [0, 0.1) is 4.77 Å². The standard InChI is InChI=1S/C13H21N5O2S/c1-4-5-9-11-12(17(2)16-9)18(13(21)15-11)8-10(19)14-6-7-20-3/h4-8H2,1-3H3,(H,14,19)(H,15,21). The lowest BCUT2D eigenvalue weighted by atomic mass is 10.2. The van der Waals surface area contributed by atoms with E-state index in [0.717, 1.165) is 29.7 Å². The summed E-state index contributed by atoms with van der Waals surface area (Å²) < 4.78 is 9.00. The molecule has 0 fully saturated rings. The zero-order valence-electron chi connectivity index (χ0n) is 12.6. The molecule has 0 spiro atoms. The summed E-state index contributed by atoms with van der Waals surface area (Å²) in [4.78, 5) is 15.1. The van der Waals surface area contributed by atoms with Gasteiger partial charge in [0.05, 0.1) is 12.3 Å². The summed E-state index contributed by atoms with van der Waals surface area (Å²) in [7, 11) is 3.46. The zero-order valence-corrected chi connectivity index (χ0v) is 13.4. The van der Waals surface area contributed by atoms with Gasteiger partial charge in [-0.25, -0.2) is 0 Å². The van der Waals surface area contributed by atoms with Gasteiger partial charge in [-0.3, -0.25) is 14.0 Å². The lowest BCUT2D eigenvalue weighted by molar-refractivity contribution is -0.121. The first kappa shape index (κ1) is 15.7. The average molecular weight is 311 g/mol. The Bertz CT molecular complexity index is 685. The van der Waals surface area contributed by atoms with Crippen molar-refractivity contribution in [2.45, 2.75) is 26.3 Å². The summed E-state index contributed by atoms with van der Waals surface area (Å²) >= 11 is 5.33. The third kappa shape index (κ3) is 3.33. The average Bonchev–Trinajstić information content (AvgIpc) is 2.90. The molecule has 0 aliphatic carbocycles. The summed E-state index contributed by atoms with van der Waals surface area (Å²) in [6, 6.07) is 0. The van der Waals surface area contributed by atoms with Crippen LogP contribution in [0.2, 0.25) is 0 Å². The molecule has 2 heterocycles. The van der Waals surface area contributed by atoms with Crippen molar-refractivity contribution in [1.29, 1.82) is 0 Å². The molecule has 0 unspecified atom stereocenters. The number of nitrogens with one attached hydrogen (secondary N) is 2. The molecule has 2 aromatic heterocycles. The Balaban J connectivity index is 2.25. The van der Waals surface area contributed by atoms with Gasteiger partial charge in [0, 0.05) is 20.7 Å². The maximum absolute atomic E-state index is 11.9. The summed E-state index contributed by atoms with van der Waals surface area (Å²) in [6.07, 6.45) is 1.89. The molecule has 2 aromatic rings. The highest BCUT2D eigenvalue weighted by Crippen LogP contribution is 2.18. The first-order valence-electron chi connectivity index (χ1n) is 6.98. The van der Waals surface area contributed by atoms with Gasteiger partial charge in [-0.15, -0.1) is 0 Å². The Labute approximate surface area is 128 Å². The van der Waals surface area contributed by atoms with Crippen LogP contribution in [-0.2, 0) is 29.5 Å². The van der Waals surface area contributed by atoms with Gasteiger partial charge in [-0.1, -0.05) is 13.3 Å². The minimum Gasteiger partial charge on any atom is -0.383 e. The quantitative estimate of drug-likeness (QED) is 0.594. The molecule has 7 nitrogen and oxygen atoms in total. The van der Waals surface area contributed by atoms with E-state index in [9.17, 15) is 4.79 Å². The van der Waals surface area contributed by atoms with Crippen LogP contribution in [0.25, 0.3) is 11.2 Å². The molecule has 8 heteroatoms. The fourth-order valence-electron chi connectivity index (χ4n) is 2.33. The van der Waals surface area contributed by atoms with Gasteiger partial charge in [0.15, 0.2) is 10.4 Å². The fourth-order valence-corrected chi connectivity index (χ4v) is 2.58. The normalized spacial score (nSPS) is 11.2. The SMILES string of the molecule is CCCc1nn(C)c2c1[nH]c(=S)n2CC(=O)NCCOC. The Hall–Kier alpha value is -1.67. The molecule has 2 N–H and O–H groups in total. The van der Waals surface area contributed by atoms with Gasteiger partial charge >= 0.3 is 0 Å². The van der Waals surface area contributed by atoms with Crippen molar-refractivity contribution >= 4 is 29.3 Å². The van der Waals surface area contributed by atoms with Crippen LogP contribution in [0.4, 0.5) is 0 Å². The van der Waals surface area contributed by atoms with E-state index in [1.165, 1.54) is 0 Å². The van der Waals surface area contributed by atoms with Crippen LogP contribution in [0.5, 0.6) is 0 Å². The Kier molecular flexibility index (Phi) is 5.13. The van der Waals surface area contributed by atoms with Crippen molar-refractivity contribution in [3.8, 4) is 0 Å². The van der Waals surface area contributed by atoms with Crippen LogP contribution in [0.3, 0.4) is 0 Å². The number of fused-ring (bicyclic) bond motifs is 1.